The predicted octanol–water partition coefficient (Wildman–Crippen LogP) is 2.60. The van der Waals surface area contributed by atoms with E-state index >= 15 is 0 Å². The standard InChI is InChI=1S/C14H18N4OS/c1-3-5-16-12-4-6-15-8-11(12)14(19)18-9-13-17-7-10(2)20-13/h4,6-8H,3,5,9H2,1-2H3,(H,15,16)(H,18,19). The van der Waals surface area contributed by atoms with Gasteiger partial charge in [-0.3, -0.25) is 9.78 Å². The van der Waals surface area contributed by atoms with E-state index in [9.17, 15) is 4.79 Å². The van der Waals surface area contributed by atoms with E-state index in [1.807, 2.05) is 19.2 Å². The number of pyridine rings is 1. The molecule has 2 N–H and O–H groups in total. The smallest absolute Gasteiger partial charge is 0.255 e. The third kappa shape index (κ3) is 3.77. The first-order valence-corrected chi connectivity index (χ1v) is 7.39. The second kappa shape index (κ2) is 7.00. The molecule has 2 rings (SSSR count). The Hall–Kier alpha value is -1.95. The van der Waals surface area contributed by atoms with E-state index in [-0.39, 0.29) is 5.91 Å². The van der Waals surface area contributed by atoms with Gasteiger partial charge in [0.25, 0.3) is 5.91 Å². The maximum atomic E-state index is 12.2. The average Bonchev–Trinajstić information content (AvgIpc) is 2.88. The summed E-state index contributed by atoms with van der Waals surface area (Å²) in [4.78, 5) is 21.6. The molecule has 2 aromatic rings. The summed E-state index contributed by atoms with van der Waals surface area (Å²) in [7, 11) is 0. The Morgan fingerprint density at radius 1 is 1.40 bits per heavy atom. The molecule has 0 fully saturated rings. The van der Waals surface area contributed by atoms with E-state index < -0.39 is 0 Å². The Morgan fingerprint density at radius 3 is 2.95 bits per heavy atom. The number of rotatable bonds is 6. The van der Waals surface area contributed by atoms with Crippen molar-refractivity contribution in [3.05, 3.63) is 40.1 Å². The quantitative estimate of drug-likeness (QED) is 0.858. The lowest BCUT2D eigenvalue weighted by Crippen LogP contribution is -2.24. The highest BCUT2D eigenvalue weighted by molar-refractivity contribution is 7.11. The van der Waals surface area contributed by atoms with E-state index in [1.54, 1.807) is 23.7 Å². The number of nitrogens with one attached hydrogen (secondary N) is 2. The zero-order valence-electron chi connectivity index (χ0n) is 11.6. The number of carbonyl (C=O) groups is 1. The molecule has 0 saturated carbocycles. The van der Waals surface area contributed by atoms with Gasteiger partial charge in [-0.1, -0.05) is 6.92 Å². The highest BCUT2D eigenvalue weighted by atomic mass is 32.1. The molecule has 20 heavy (non-hydrogen) atoms. The molecule has 0 radical (unpaired) electrons. The molecule has 0 unspecified atom stereocenters. The fraction of sp³-hybridized carbons (Fsp3) is 0.357. The van der Waals surface area contributed by atoms with Gasteiger partial charge in [0.15, 0.2) is 0 Å². The van der Waals surface area contributed by atoms with E-state index in [0.717, 1.165) is 28.5 Å². The van der Waals surface area contributed by atoms with Crippen LogP contribution >= 0.6 is 11.3 Å². The van der Waals surface area contributed by atoms with Gasteiger partial charge in [0.1, 0.15) is 5.01 Å². The molecule has 5 nitrogen and oxygen atoms in total. The minimum atomic E-state index is -0.135. The number of anilines is 1. The number of thiazole rings is 1. The van der Waals surface area contributed by atoms with Gasteiger partial charge in [-0.25, -0.2) is 4.98 Å². The number of nitrogens with zero attached hydrogens (tertiary/aromatic N) is 2. The van der Waals surface area contributed by atoms with Crippen molar-refractivity contribution in [2.24, 2.45) is 0 Å². The first kappa shape index (κ1) is 14.5. The number of amides is 1. The molecule has 0 bridgehead atoms. The Kier molecular flexibility index (Phi) is 5.06. The third-order valence-corrected chi connectivity index (χ3v) is 3.61. The molecule has 0 aliphatic heterocycles. The fourth-order valence-electron chi connectivity index (χ4n) is 1.72. The number of hydrogen-bond donors (Lipinski definition) is 2. The van der Waals surface area contributed by atoms with Crippen LogP contribution in [-0.2, 0) is 6.54 Å². The Bertz CT molecular complexity index is 582. The highest BCUT2D eigenvalue weighted by Gasteiger charge is 2.11. The van der Waals surface area contributed by atoms with E-state index in [0.29, 0.717) is 12.1 Å². The molecule has 1 amide bonds. The van der Waals surface area contributed by atoms with E-state index in [2.05, 4.69) is 27.5 Å². The van der Waals surface area contributed by atoms with Crippen LogP contribution in [-0.4, -0.2) is 22.4 Å². The Balaban J connectivity index is 2.01. The lowest BCUT2D eigenvalue weighted by Gasteiger charge is -2.10. The number of hydrogen-bond acceptors (Lipinski definition) is 5. The second-order valence-electron chi connectivity index (χ2n) is 4.40. The predicted molar refractivity (Wildman–Crippen MR) is 81.0 cm³/mol. The van der Waals surface area contributed by atoms with Gasteiger partial charge < -0.3 is 10.6 Å². The molecular formula is C14H18N4OS. The largest absolute Gasteiger partial charge is 0.384 e. The molecule has 0 spiro atoms. The molecule has 0 saturated heterocycles. The molecule has 0 aliphatic rings. The zero-order chi connectivity index (χ0) is 14.4. The summed E-state index contributed by atoms with van der Waals surface area (Å²) in [6.07, 6.45) is 6.08. The SMILES string of the molecule is CCCNc1ccncc1C(=O)NCc1ncc(C)s1. The first-order valence-electron chi connectivity index (χ1n) is 6.58. The van der Waals surface area contributed by atoms with Gasteiger partial charge in [-0.05, 0) is 19.4 Å². The molecular weight excluding hydrogens is 272 g/mol. The van der Waals surface area contributed by atoms with Crippen LogP contribution in [0.4, 0.5) is 5.69 Å². The van der Waals surface area contributed by atoms with Crippen molar-refractivity contribution in [1.29, 1.82) is 0 Å². The summed E-state index contributed by atoms with van der Waals surface area (Å²) in [5.41, 5.74) is 1.38. The minimum absolute atomic E-state index is 0.135. The summed E-state index contributed by atoms with van der Waals surface area (Å²) >= 11 is 1.59. The van der Waals surface area contributed by atoms with Gasteiger partial charge in [0, 0.05) is 30.0 Å². The van der Waals surface area contributed by atoms with Crippen molar-refractivity contribution in [2.45, 2.75) is 26.8 Å². The molecule has 6 heteroatoms. The maximum absolute atomic E-state index is 12.2. The van der Waals surface area contributed by atoms with Crippen molar-refractivity contribution in [1.82, 2.24) is 15.3 Å². The molecule has 0 aliphatic carbocycles. The summed E-state index contributed by atoms with van der Waals surface area (Å²) in [6.45, 7) is 5.35. The third-order valence-electron chi connectivity index (χ3n) is 2.70. The van der Waals surface area contributed by atoms with Crippen LogP contribution in [0.5, 0.6) is 0 Å². The van der Waals surface area contributed by atoms with Crippen molar-refractivity contribution in [3.8, 4) is 0 Å². The van der Waals surface area contributed by atoms with Crippen molar-refractivity contribution < 1.29 is 4.79 Å². The molecule has 0 aromatic carbocycles. The minimum Gasteiger partial charge on any atom is -0.384 e. The lowest BCUT2D eigenvalue weighted by molar-refractivity contribution is 0.0951. The fourth-order valence-corrected chi connectivity index (χ4v) is 2.45. The van der Waals surface area contributed by atoms with Gasteiger partial charge in [-0.15, -0.1) is 11.3 Å². The van der Waals surface area contributed by atoms with Crippen LogP contribution in [0.25, 0.3) is 0 Å². The second-order valence-corrected chi connectivity index (χ2v) is 5.71. The lowest BCUT2D eigenvalue weighted by atomic mass is 10.2. The van der Waals surface area contributed by atoms with Crippen LogP contribution in [0.1, 0.15) is 33.6 Å². The Morgan fingerprint density at radius 2 is 2.25 bits per heavy atom. The van der Waals surface area contributed by atoms with Gasteiger partial charge >= 0.3 is 0 Å². The summed E-state index contributed by atoms with van der Waals surface area (Å²) in [5.74, 6) is -0.135. The monoisotopic (exact) mass is 290 g/mol. The average molecular weight is 290 g/mol. The summed E-state index contributed by atoms with van der Waals surface area (Å²) in [6, 6.07) is 1.82. The van der Waals surface area contributed by atoms with Gasteiger partial charge in [0.2, 0.25) is 0 Å². The zero-order valence-corrected chi connectivity index (χ0v) is 12.5. The van der Waals surface area contributed by atoms with Crippen LogP contribution in [0.2, 0.25) is 0 Å². The summed E-state index contributed by atoms with van der Waals surface area (Å²) in [5, 5.41) is 7.01. The summed E-state index contributed by atoms with van der Waals surface area (Å²) < 4.78 is 0. The van der Waals surface area contributed by atoms with Crippen LogP contribution in [0.15, 0.2) is 24.7 Å². The number of aryl methyl sites for hydroxylation is 1. The topological polar surface area (TPSA) is 66.9 Å². The molecule has 2 aromatic heterocycles. The van der Waals surface area contributed by atoms with Crippen molar-refractivity contribution in [3.63, 3.8) is 0 Å². The van der Waals surface area contributed by atoms with E-state index in [4.69, 9.17) is 0 Å². The molecule has 106 valence electrons. The Labute approximate surface area is 122 Å². The normalized spacial score (nSPS) is 10.3. The van der Waals surface area contributed by atoms with E-state index in [1.165, 1.54) is 0 Å². The van der Waals surface area contributed by atoms with Crippen LogP contribution in [0.3, 0.4) is 0 Å². The first-order chi connectivity index (χ1) is 9.70. The highest BCUT2D eigenvalue weighted by Crippen LogP contribution is 2.14. The van der Waals surface area contributed by atoms with Gasteiger partial charge in [-0.2, -0.15) is 0 Å². The van der Waals surface area contributed by atoms with Crippen LogP contribution < -0.4 is 10.6 Å². The maximum Gasteiger partial charge on any atom is 0.255 e. The van der Waals surface area contributed by atoms with Crippen molar-refractivity contribution in [2.75, 3.05) is 11.9 Å². The number of aromatic nitrogens is 2. The molecule has 0 atom stereocenters. The molecule has 2 heterocycles. The van der Waals surface area contributed by atoms with Crippen molar-refractivity contribution >= 4 is 22.9 Å². The van der Waals surface area contributed by atoms with Gasteiger partial charge in [0.05, 0.1) is 17.8 Å². The number of carbonyl (C=O) groups excluding carboxylic acids is 1. The van der Waals surface area contributed by atoms with Crippen LogP contribution in [0, 0.1) is 6.92 Å².